The Hall–Kier alpha value is -1.26. The van der Waals surface area contributed by atoms with Gasteiger partial charge in [-0.25, -0.2) is 0 Å². The van der Waals surface area contributed by atoms with Crippen molar-refractivity contribution in [3.63, 3.8) is 0 Å². The van der Waals surface area contributed by atoms with Crippen molar-refractivity contribution in [2.45, 2.75) is 23.6 Å². The van der Waals surface area contributed by atoms with Crippen LogP contribution < -0.4 is 0 Å². The van der Waals surface area contributed by atoms with Crippen LogP contribution in [0.25, 0.3) is 0 Å². The largest absolute Gasteiger partial charge is 0.294 e. The Morgan fingerprint density at radius 2 is 1.40 bits per heavy atom. The molecule has 20 heavy (non-hydrogen) atoms. The molecule has 0 aliphatic rings. The first-order valence-electron chi connectivity index (χ1n) is 6.32. The van der Waals surface area contributed by atoms with E-state index < -0.39 is 0 Å². The van der Waals surface area contributed by atoms with Crippen LogP contribution in [0.4, 0.5) is 0 Å². The minimum Gasteiger partial charge on any atom is -0.294 e. The van der Waals surface area contributed by atoms with Crippen LogP contribution in [-0.4, -0.2) is 23.1 Å². The van der Waals surface area contributed by atoms with Gasteiger partial charge >= 0.3 is 0 Å². The molecule has 0 N–H and O–H groups in total. The normalized spacial score (nSPS) is 11.3. The van der Waals surface area contributed by atoms with E-state index in [2.05, 4.69) is 0 Å². The Morgan fingerprint density at radius 3 is 1.80 bits per heavy atom. The molecule has 0 amide bonds. The highest BCUT2D eigenvalue weighted by Crippen LogP contribution is 2.25. The molecule has 1 aromatic rings. The number of hydrogen-bond donors (Lipinski definition) is 0. The number of thioether (sulfide) groups is 2. The fraction of sp³-hybridized carbons (Fsp3) is 0.250. The molecule has 0 heterocycles. The third-order valence-corrected chi connectivity index (χ3v) is 4.31. The van der Waals surface area contributed by atoms with Crippen LogP contribution in [0.5, 0.6) is 0 Å². The maximum Gasteiger partial charge on any atom is 0.165 e. The van der Waals surface area contributed by atoms with Gasteiger partial charge in [-0.1, -0.05) is 18.2 Å². The number of ketones is 2. The molecule has 0 aliphatic carbocycles. The first kappa shape index (κ1) is 16.8. The van der Waals surface area contributed by atoms with Crippen LogP contribution >= 0.6 is 23.5 Å². The van der Waals surface area contributed by atoms with Gasteiger partial charge in [-0.05, 0) is 44.2 Å². The van der Waals surface area contributed by atoms with E-state index in [0.717, 1.165) is 9.79 Å². The van der Waals surface area contributed by atoms with Gasteiger partial charge < -0.3 is 0 Å². The molecular formula is C16H18O2S2. The Morgan fingerprint density at radius 1 is 0.950 bits per heavy atom. The van der Waals surface area contributed by atoms with Crippen molar-refractivity contribution in [1.82, 2.24) is 0 Å². The monoisotopic (exact) mass is 306 g/mol. The van der Waals surface area contributed by atoms with E-state index in [0.29, 0.717) is 11.5 Å². The van der Waals surface area contributed by atoms with Gasteiger partial charge in [-0.2, -0.15) is 0 Å². The first-order valence-corrected chi connectivity index (χ1v) is 8.29. The summed E-state index contributed by atoms with van der Waals surface area (Å²) < 4.78 is 0. The smallest absolute Gasteiger partial charge is 0.165 e. The number of rotatable bonds is 8. The Labute approximate surface area is 128 Å². The van der Waals surface area contributed by atoms with Crippen LogP contribution in [0.15, 0.2) is 58.4 Å². The van der Waals surface area contributed by atoms with Crippen molar-refractivity contribution >= 4 is 35.1 Å². The van der Waals surface area contributed by atoms with E-state index in [9.17, 15) is 9.59 Å². The molecule has 1 rings (SSSR count). The molecule has 0 spiro atoms. The highest BCUT2D eigenvalue weighted by molar-refractivity contribution is 8.00. The van der Waals surface area contributed by atoms with Gasteiger partial charge in [0, 0.05) is 9.79 Å². The van der Waals surface area contributed by atoms with Crippen LogP contribution in [0.3, 0.4) is 0 Å². The van der Waals surface area contributed by atoms with Gasteiger partial charge in [0.05, 0.1) is 11.5 Å². The predicted octanol–water partition coefficient (Wildman–Crippen LogP) is 4.16. The fourth-order valence-electron chi connectivity index (χ4n) is 1.43. The van der Waals surface area contributed by atoms with Crippen molar-refractivity contribution in [1.29, 1.82) is 0 Å². The molecule has 0 aromatic heterocycles. The standard InChI is InChI=1S/C16H18O2S2/c1-3-6-13(17)11-19-15-8-5-9-16(10-15)20-12-14(18)7-4-2/h3-10H,11-12H2,1-2H3. The molecular weight excluding hydrogens is 288 g/mol. The summed E-state index contributed by atoms with van der Waals surface area (Å²) in [5.74, 6) is 1.10. The topological polar surface area (TPSA) is 34.1 Å². The van der Waals surface area contributed by atoms with Gasteiger partial charge in [0.2, 0.25) is 0 Å². The predicted molar refractivity (Wildman–Crippen MR) is 87.5 cm³/mol. The summed E-state index contributed by atoms with van der Waals surface area (Å²) in [6.45, 7) is 3.67. The molecule has 0 fully saturated rings. The average Bonchev–Trinajstić information content (AvgIpc) is 2.44. The summed E-state index contributed by atoms with van der Waals surface area (Å²) in [7, 11) is 0. The second kappa shape index (κ2) is 9.61. The lowest BCUT2D eigenvalue weighted by Gasteiger charge is -2.03. The average molecular weight is 306 g/mol. The number of hydrogen-bond acceptors (Lipinski definition) is 4. The minimum absolute atomic E-state index is 0.110. The Kier molecular flexibility index (Phi) is 8.07. The fourth-order valence-corrected chi connectivity index (χ4v) is 3.09. The van der Waals surface area contributed by atoms with Crippen molar-refractivity contribution in [2.75, 3.05) is 11.5 Å². The highest BCUT2D eigenvalue weighted by atomic mass is 32.2. The third kappa shape index (κ3) is 6.78. The summed E-state index contributed by atoms with van der Waals surface area (Å²) >= 11 is 3.03. The molecule has 1 aromatic carbocycles. The second-order valence-electron chi connectivity index (χ2n) is 3.98. The van der Waals surface area contributed by atoms with E-state index >= 15 is 0 Å². The minimum atomic E-state index is 0.110. The van der Waals surface area contributed by atoms with E-state index in [1.54, 1.807) is 24.3 Å². The first-order chi connectivity index (χ1) is 9.65. The highest BCUT2D eigenvalue weighted by Gasteiger charge is 2.03. The maximum atomic E-state index is 11.4. The van der Waals surface area contributed by atoms with Crippen molar-refractivity contribution in [3.8, 4) is 0 Å². The van der Waals surface area contributed by atoms with Crippen LogP contribution in [-0.2, 0) is 9.59 Å². The zero-order valence-corrected chi connectivity index (χ0v) is 13.3. The maximum absolute atomic E-state index is 11.4. The lowest BCUT2D eigenvalue weighted by molar-refractivity contribution is -0.113. The zero-order valence-electron chi connectivity index (χ0n) is 11.7. The lowest BCUT2D eigenvalue weighted by atomic mass is 10.4. The summed E-state index contributed by atoms with van der Waals surface area (Å²) in [5.41, 5.74) is 0. The molecule has 0 radical (unpaired) electrons. The van der Waals surface area contributed by atoms with E-state index in [1.165, 1.54) is 23.5 Å². The Bertz CT molecular complexity index is 476. The summed E-state index contributed by atoms with van der Waals surface area (Å²) in [6.07, 6.45) is 6.67. The van der Waals surface area contributed by atoms with E-state index in [4.69, 9.17) is 0 Å². The molecule has 0 bridgehead atoms. The number of benzene rings is 1. The number of carbonyl (C=O) groups is 2. The second-order valence-corrected chi connectivity index (χ2v) is 6.08. The van der Waals surface area contributed by atoms with E-state index in [1.807, 2.05) is 38.1 Å². The molecule has 0 atom stereocenters. The quantitative estimate of drug-likeness (QED) is 0.533. The molecule has 4 heteroatoms. The molecule has 0 saturated carbocycles. The lowest BCUT2D eigenvalue weighted by Crippen LogP contribution is -1.96. The molecule has 0 aliphatic heterocycles. The van der Waals surface area contributed by atoms with Gasteiger partial charge in [0.15, 0.2) is 11.6 Å². The van der Waals surface area contributed by atoms with Crippen LogP contribution in [0, 0.1) is 0 Å². The molecule has 106 valence electrons. The Balaban J connectivity index is 2.53. The van der Waals surface area contributed by atoms with Crippen LogP contribution in [0.1, 0.15) is 13.8 Å². The van der Waals surface area contributed by atoms with Crippen molar-refractivity contribution in [2.24, 2.45) is 0 Å². The number of carbonyl (C=O) groups excluding carboxylic acids is 2. The molecule has 0 saturated heterocycles. The summed E-state index contributed by atoms with van der Waals surface area (Å²) in [4.78, 5) is 24.9. The SMILES string of the molecule is CC=CC(=O)CSc1cccc(SCC(=O)C=CC)c1. The van der Waals surface area contributed by atoms with Gasteiger partial charge in [0.1, 0.15) is 0 Å². The van der Waals surface area contributed by atoms with Crippen molar-refractivity contribution in [3.05, 3.63) is 48.6 Å². The summed E-state index contributed by atoms with van der Waals surface area (Å²) in [5, 5.41) is 0. The van der Waals surface area contributed by atoms with Crippen LogP contribution in [0.2, 0.25) is 0 Å². The zero-order chi connectivity index (χ0) is 14.8. The van der Waals surface area contributed by atoms with E-state index in [-0.39, 0.29) is 11.6 Å². The third-order valence-electron chi connectivity index (χ3n) is 2.27. The molecule has 0 unspecified atom stereocenters. The summed E-state index contributed by atoms with van der Waals surface area (Å²) in [6, 6.07) is 7.92. The van der Waals surface area contributed by atoms with Gasteiger partial charge in [-0.3, -0.25) is 9.59 Å². The van der Waals surface area contributed by atoms with Gasteiger partial charge in [-0.15, -0.1) is 23.5 Å². The van der Waals surface area contributed by atoms with Crippen molar-refractivity contribution < 1.29 is 9.59 Å². The number of allylic oxidation sites excluding steroid dienone is 4. The molecule has 2 nitrogen and oxygen atoms in total. The van der Waals surface area contributed by atoms with Gasteiger partial charge in [0.25, 0.3) is 0 Å².